The number of nitrogens with zero attached hydrogens (tertiary/aromatic N) is 4. The molecule has 0 spiro atoms. The van der Waals surface area contributed by atoms with Gasteiger partial charge in [-0.3, -0.25) is 9.48 Å². The lowest BCUT2D eigenvalue weighted by molar-refractivity contribution is 0.0729. The number of carbonyl (C=O) groups is 1. The second-order valence-corrected chi connectivity index (χ2v) is 6.34. The number of hydrogen-bond acceptors (Lipinski definition) is 6. The van der Waals surface area contributed by atoms with Crippen LogP contribution >= 0.6 is 0 Å². The SMILES string of the molecule is CC(C)Oc1ccc(C(=O)N2C[C@@H](O)[C@H](Oc3cnn(C)c3)C2)cn1. The minimum absolute atomic E-state index is 0.0214. The average molecular weight is 346 g/mol. The van der Waals surface area contributed by atoms with Gasteiger partial charge in [-0.25, -0.2) is 4.98 Å². The van der Waals surface area contributed by atoms with Crippen molar-refractivity contribution in [2.24, 2.45) is 7.05 Å². The van der Waals surface area contributed by atoms with Crippen LogP contribution in [0.5, 0.6) is 11.6 Å². The predicted molar refractivity (Wildman–Crippen MR) is 89.5 cm³/mol. The molecule has 1 aliphatic rings. The van der Waals surface area contributed by atoms with E-state index in [4.69, 9.17) is 9.47 Å². The van der Waals surface area contributed by atoms with Gasteiger partial charge in [0.05, 0.1) is 37.2 Å². The number of hydrogen-bond donors (Lipinski definition) is 1. The van der Waals surface area contributed by atoms with Crippen molar-refractivity contribution in [1.82, 2.24) is 19.7 Å². The van der Waals surface area contributed by atoms with Crippen LogP contribution in [-0.4, -0.2) is 62.1 Å². The summed E-state index contributed by atoms with van der Waals surface area (Å²) in [6.07, 6.45) is 3.57. The molecule has 0 aliphatic carbocycles. The average Bonchev–Trinajstić information content (AvgIpc) is 3.13. The summed E-state index contributed by atoms with van der Waals surface area (Å²) in [5.41, 5.74) is 0.449. The Morgan fingerprint density at radius 1 is 1.32 bits per heavy atom. The van der Waals surface area contributed by atoms with Crippen molar-refractivity contribution >= 4 is 5.91 Å². The van der Waals surface area contributed by atoms with E-state index >= 15 is 0 Å². The summed E-state index contributed by atoms with van der Waals surface area (Å²) in [7, 11) is 1.79. The maximum atomic E-state index is 12.6. The Bertz CT molecular complexity index is 729. The second kappa shape index (κ2) is 7.10. The maximum Gasteiger partial charge on any atom is 0.255 e. The Labute approximate surface area is 146 Å². The van der Waals surface area contributed by atoms with Gasteiger partial charge in [0, 0.05) is 19.3 Å². The monoisotopic (exact) mass is 346 g/mol. The molecule has 0 aromatic carbocycles. The Hall–Kier alpha value is -2.61. The fourth-order valence-electron chi connectivity index (χ4n) is 2.67. The molecule has 8 heteroatoms. The van der Waals surface area contributed by atoms with Crippen LogP contribution in [0.1, 0.15) is 24.2 Å². The highest BCUT2D eigenvalue weighted by atomic mass is 16.5. The van der Waals surface area contributed by atoms with Crippen molar-refractivity contribution in [3.63, 3.8) is 0 Å². The van der Waals surface area contributed by atoms with Crippen LogP contribution in [-0.2, 0) is 7.05 Å². The van der Waals surface area contributed by atoms with Gasteiger partial charge in [0.25, 0.3) is 5.91 Å². The summed E-state index contributed by atoms with van der Waals surface area (Å²) in [4.78, 5) is 18.3. The van der Waals surface area contributed by atoms with E-state index in [2.05, 4.69) is 10.1 Å². The van der Waals surface area contributed by atoms with Gasteiger partial charge in [-0.15, -0.1) is 0 Å². The summed E-state index contributed by atoms with van der Waals surface area (Å²) >= 11 is 0. The van der Waals surface area contributed by atoms with Crippen molar-refractivity contribution in [1.29, 1.82) is 0 Å². The van der Waals surface area contributed by atoms with E-state index in [1.165, 1.54) is 6.20 Å². The normalized spacial score (nSPS) is 20.1. The lowest BCUT2D eigenvalue weighted by Gasteiger charge is -2.16. The van der Waals surface area contributed by atoms with E-state index < -0.39 is 12.2 Å². The van der Waals surface area contributed by atoms with E-state index in [1.807, 2.05) is 13.8 Å². The summed E-state index contributed by atoms with van der Waals surface area (Å²) in [6, 6.07) is 3.35. The number of aliphatic hydroxyl groups excluding tert-OH is 1. The molecule has 134 valence electrons. The zero-order valence-corrected chi connectivity index (χ0v) is 14.5. The number of carbonyl (C=O) groups excluding carboxylic acids is 1. The number of pyridine rings is 1. The fraction of sp³-hybridized carbons (Fsp3) is 0.471. The maximum absolute atomic E-state index is 12.6. The van der Waals surface area contributed by atoms with E-state index in [-0.39, 0.29) is 18.6 Å². The number of rotatable bonds is 5. The van der Waals surface area contributed by atoms with E-state index in [1.54, 1.807) is 41.2 Å². The van der Waals surface area contributed by atoms with Gasteiger partial charge < -0.3 is 19.5 Å². The second-order valence-electron chi connectivity index (χ2n) is 6.34. The lowest BCUT2D eigenvalue weighted by atomic mass is 10.2. The minimum Gasteiger partial charge on any atom is -0.482 e. The summed E-state index contributed by atoms with van der Waals surface area (Å²) in [5.74, 6) is 0.850. The minimum atomic E-state index is -0.749. The van der Waals surface area contributed by atoms with E-state index in [9.17, 15) is 9.90 Å². The molecule has 1 saturated heterocycles. The van der Waals surface area contributed by atoms with E-state index in [0.29, 0.717) is 23.7 Å². The molecular formula is C17H22N4O4. The van der Waals surface area contributed by atoms with Gasteiger partial charge in [0.2, 0.25) is 5.88 Å². The molecule has 0 bridgehead atoms. The van der Waals surface area contributed by atoms with Crippen LogP contribution in [0.15, 0.2) is 30.7 Å². The number of ether oxygens (including phenoxy) is 2. The van der Waals surface area contributed by atoms with Crippen molar-refractivity contribution < 1.29 is 19.4 Å². The molecule has 1 aliphatic heterocycles. The number of β-amino-alcohol motifs (C(OH)–C–C–N with tert-alkyl or cyclic N) is 1. The molecule has 2 aromatic rings. The van der Waals surface area contributed by atoms with Crippen molar-refractivity contribution in [2.45, 2.75) is 32.2 Å². The van der Waals surface area contributed by atoms with Crippen LogP contribution in [0.2, 0.25) is 0 Å². The van der Waals surface area contributed by atoms with Crippen LogP contribution in [0.3, 0.4) is 0 Å². The standard InChI is InChI=1S/C17H22N4O4/c1-11(2)24-16-5-4-12(6-18-16)17(23)21-9-14(22)15(10-21)25-13-7-19-20(3)8-13/h4-8,11,14-15,22H,9-10H2,1-3H3/t14-,15-/m1/s1. The Morgan fingerprint density at radius 2 is 2.12 bits per heavy atom. The molecule has 3 heterocycles. The summed E-state index contributed by atoms with van der Waals surface area (Å²) in [6.45, 7) is 4.34. The van der Waals surface area contributed by atoms with Crippen LogP contribution in [0, 0.1) is 0 Å². The number of aliphatic hydroxyl groups is 1. The number of likely N-dealkylation sites (tertiary alicyclic amines) is 1. The van der Waals surface area contributed by atoms with Gasteiger partial charge in [-0.05, 0) is 19.9 Å². The van der Waals surface area contributed by atoms with Crippen LogP contribution in [0.25, 0.3) is 0 Å². The number of aromatic nitrogens is 3. The Balaban J connectivity index is 1.63. The predicted octanol–water partition coefficient (Wildman–Crippen LogP) is 0.867. The van der Waals surface area contributed by atoms with Gasteiger partial charge in [-0.1, -0.05) is 0 Å². The summed E-state index contributed by atoms with van der Waals surface area (Å²) < 4.78 is 12.8. The number of amides is 1. The molecule has 8 nitrogen and oxygen atoms in total. The highest BCUT2D eigenvalue weighted by molar-refractivity contribution is 5.94. The largest absolute Gasteiger partial charge is 0.482 e. The third kappa shape index (κ3) is 4.08. The zero-order chi connectivity index (χ0) is 18.0. The molecule has 0 radical (unpaired) electrons. The highest BCUT2D eigenvalue weighted by Crippen LogP contribution is 2.20. The number of aryl methyl sites for hydroxylation is 1. The van der Waals surface area contributed by atoms with Crippen molar-refractivity contribution in [3.8, 4) is 11.6 Å². The Morgan fingerprint density at radius 3 is 2.72 bits per heavy atom. The third-order valence-electron chi connectivity index (χ3n) is 3.83. The molecule has 0 unspecified atom stereocenters. The quantitative estimate of drug-likeness (QED) is 0.864. The van der Waals surface area contributed by atoms with Gasteiger partial charge in [-0.2, -0.15) is 5.10 Å². The Kier molecular flexibility index (Phi) is 4.89. The van der Waals surface area contributed by atoms with Gasteiger partial charge in [0.15, 0.2) is 5.75 Å². The molecule has 1 N–H and O–H groups in total. The molecule has 3 rings (SSSR count). The van der Waals surface area contributed by atoms with E-state index in [0.717, 1.165) is 0 Å². The first-order valence-electron chi connectivity index (χ1n) is 8.17. The molecular weight excluding hydrogens is 324 g/mol. The smallest absolute Gasteiger partial charge is 0.255 e. The van der Waals surface area contributed by atoms with Crippen molar-refractivity contribution in [2.75, 3.05) is 13.1 Å². The first-order chi connectivity index (χ1) is 11.9. The molecule has 2 atom stereocenters. The molecule has 1 fully saturated rings. The topological polar surface area (TPSA) is 89.7 Å². The molecule has 25 heavy (non-hydrogen) atoms. The zero-order valence-electron chi connectivity index (χ0n) is 14.5. The first kappa shape index (κ1) is 17.2. The molecule has 0 saturated carbocycles. The van der Waals surface area contributed by atoms with Crippen LogP contribution in [0.4, 0.5) is 0 Å². The first-order valence-corrected chi connectivity index (χ1v) is 8.17. The van der Waals surface area contributed by atoms with Gasteiger partial charge in [0.1, 0.15) is 12.2 Å². The molecule has 1 amide bonds. The summed E-state index contributed by atoms with van der Waals surface area (Å²) in [5, 5.41) is 14.2. The fourth-order valence-corrected chi connectivity index (χ4v) is 2.67. The lowest BCUT2D eigenvalue weighted by Crippen LogP contribution is -2.31. The molecule has 2 aromatic heterocycles. The van der Waals surface area contributed by atoms with Gasteiger partial charge >= 0.3 is 0 Å². The third-order valence-corrected chi connectivity index (χ3v) is 3.83. The van der Waals surface area contributed by atoms with Crippen molar-refractivity contribution in [3.05, 3.63) is 36.3 Å². The van der Waals surface area contributed by atoms with Crippen LogP contribution < -0.4 is 9.47 Å². The highest BCUT2D eigenvalue weighted by Gasteiger charge is 2.36.